The Morgan fingerprint density at radius 2 is 1.88 bits per heavy atom. The Hall–Kier alpha value is -1.76. The molecule has 0 aliphatic carbocycles. The zero-order valence-corrected chi connectivity index (χ0v) is 16.7. The first-order valence-electron chi connectivity index (χ1n) is 8.56. The first-order valence-corrected chi connectivity index (χ1v) is 10.4. The topological polar surface area (TPSA) is 66.9 Å². The summed E-state index contributed by atoms with van der Waals surface area (Å²) in [5.74, 6) is 0.236. The third kappa shape index (κ3) is 4.08. The Balaban J connectivity index is 2.48. The van der Waals surface area contributed by atoms with Crippen LogP contribution in [0, 0.1) is 0 Å². The number of nitrogens with zero attached hydrogens (tertiary/aromatic N) is 2. The number of amides is 1. The van der Waals surface area contributed by atoms with Gasteiger partial charge in [-0.05, 0) is 37.0 Å². The van der Waals surface area contributed by atoms with Gasteiger partial charge in [-0.15, -0.1) is 0 Å². The molecule has 1 aromatic rings. The van der Waals surface area contributed by atoms with Crippen LogP contribution in [0.1, 0.15) is 40.2 Å². The molecule has 1 atom stereocenters. The number of benzene rings is 1. The van der Waals surface area contributed by atoms with Crippen LogP contribution in [0.25, 0.3) is 0 Å². The summed E-state index contributed by atoms with van der Waals surface area (Å²) in [7, 11) is -3.52. The predicted octanol–water partition coefficient (Wildman–Crippen LogP) is 2.38. The molecule has 1 heterocycles. The van der Waals surface area contributed by atoms with Crippen molar-refractivity contribution in [3.05, 3.63) is 23.8 Å². The zero-order valence-electron chi connectivity index (χ0n) is 15.9. The van der Waals surface area contributed by atoms with Gasteiger partial charge < -0.3 is 9.64 Å². The van der Waals surface area contributed by atoms with E-state index in [4.69, 9.17) is 4.74 Å². The summed E-state index contributed by atoms with van der Waals surface area (Å²) in [6.45, 7) is 11.1. The second kappa shape index (κ2) is 6.86. The van der Waals surface area contributed by atoms with Crippen LogP contribution in [0.15, 0.2) is 18.2 Å². The van der Waals surface area contributed by atoms with Gasteiger partial charge in [-0.25, -0.2) is 8.42 Å². The van der Waals surface area contributed by atoms with Crippen LogP contribution in [0.5, 0.6) is 5.75 Å². The molecule has 7 heteroatoms. The Morgan fingerprint density at radius 1 is 1.28 bits per heavy atom. The van der Waals surface area contributed by atoms with Gasteiger partial charge in [-0.3, -0.25) is 9.10 Å². The average molecular weight is 368 g/mol. The smallest absolute Gasteiger partial charge is 0.265 e. The van der Waals surface area contributed by atoms with Gasteiger partial charge in [-0.1, -0.05) is 26.8 Å². The van der Waals surface area contributed by atoms with Gasteiger partial charge >= 0.3 is 0 Å². The molecule has 0 radical (unpaired) electrons. The first kappa shape index (κ1) is 19.6. The molecule has 0 aromatic heterocycles. The molecule has 0 spiro atoms. The molecule has 0 saturated carbocycles. The van der Waals surface area contributed by atoms with Crippen LogP contribution in [0.3, 0.4) is 0 Å². The van der Waals surface area contributed by atoms with Crippen molar-refractivity contribution in [3.8, 4) is 5.75 Å². The minimum Gasteiger partial charge on any atom is -0.476 e. The van der Waals surface area contributed by atoms with Crippen molar-refractivity contribution in [1.29, 1.82) is 0 Å². The van der Waals surface area contributed by atoms with Crippen molar-refractivity contribution in [1.82, 2.24) is 4.90 Å². The van der Waals surface area contributed by atoms with Crippen LogP contribution in [-0.2, 0) is 20.2 Å². The average Bonchev–Trinajstić information content (AvgIpc) is 2.52. The summed E-state index contributed by atoms with van der Waals surface area (Å²) in [4.78, 5) is 14.3. The second-order valence-electron chi connectivity index (χ2n) is 7.34. The molecule has 140 valence electrons. The van der Waals surface area contributed by atoms with Crippen molar-refractivity contribution in [2.24, 2.45) is 0 Å². The predicted molar refractivity (Wildman–Crippen MR) is 99.7 cm³/mol. The molecule has 1 unspecified atom stereocenters. The van der Waals surface area contributed by atoms with Crippen molar-refractivity contribution >= 4 is 21.6 Å². The summed E-state index contributed by atoms with van der Waals surface area (Å²) >= 11 is 0. The van der Waals surface area contributed by atoms with Gasteiger partial charge in [0.15, 0.2) is 6.10 Å². The van der Waals surface area contributed by atoms with Crippen molar-refractivity contribution in [3.63, 3.8) is 0 Å². The Labute approximate surface area is 150 Å². The maximum atomic E-state index is 12.6. The molecule has 2 rings (SSSR count). The number of ether oxygens (including phenoxy) is 1. The molecular weight excluding hydrogens is 340 g/mol. The monoisotopic (exact) mass is 368 g/mol. The zero-order chi connectivity index (χ0) is 19.0. The van der Waals surface area contributed by atoms with Gasteiger partial charge in [0, 0.05) is 13.1 Å². The third-order valence-electron chi connectivity index (χ3n) is 4.45. The standard InChI is InChI=1S/C18H28N2O4S/c1-7-19(8-2)17(21)16-12-20(25(6,22)23)14-11-13(18(3,4)5)9-10-15(14)24-16/h9-11,16H,7-8,12H2,1-6H3. The van der Waals surface area contributed by atoms with Crippen LogP contribution in [-0.4, -0.2) is 51.2 Å². The highest BCUT2D eigenvalue weighted by molar-refractivity contribution is 7.92. The van der Waals surface area contributed by atoms with Crippen LogP contribution < -0.4 is 9.04 Å². The Morgan fingerprint density at radius 3 is 2.36 bits per heavy atom. The lowest BCUT2D eigenvalue weighted by molar-refractivity contribution is -0.138. The fourth-order valence-corrected chi connectivity index (χ4v) is 3.81. The Kier molecular flexibility index (Phi) is 5.37. The van der Waals surface area contributed by atoms with E-state index >= 15 is 0 Å². The third-order valence-corrected chi connectivity index (χ3v) is 5.59. The number of carbonyl (C=O) groups excluding carboxylic acids is 1. The molecule has 1 aliphatic heterocycles. The number of sulfonamides is 1. The number of hydrogen-bond acceptors (Lipinski definition) is 4. The molecule has 0 saturated heterocycles. The summed E-state index contributed by atoms with van der Waals surface area (Å²) in [5, 5.41) is 0. The van der Waals surface area contributed by atoms with E-state index < -0.39 is 16.1 Å². The largest absolute Gasteiger partial charge is 0.476 e. The van der Waals surface area contributed by atoms with Crippen LogP contribution in [0.2, 0.25) is 0 Å². The van der Waals surface area contributed by atoms with Gasteiger partial charge in [0.2, 0.25) is 10.0 Å². The minimum atomic E-state index is -3.52. The van der Waals surface area contributed by atoms with E-state index in [2.05, 4.69) is 20.8 Å². The molecule has 0 bridgehead atoms. The highest BCUT2D eigenvalue weighted by Crippen LogP contribution is 2.38. The normalized spacial score (nSPS) is 17.7. The lowest BCUT2D eigenvalue weighted by Gasteiger charge is -2.36. The first-order chi connectivity index (χ1) is 11.5. The van der Waals surface area contributed by atoms with Crippen molar-refractivity contribution < 1.29 is 17.9 Å². The van der Waals surface area contributed by atoms with Gasteiger partial charge in [0.25, 0.3) is 5.91 Å². The van der Waals surface area contributed by atoms with Crippen LogP contribution in [0.4, 0.5) is 5.69 Å². The van der Waals surface area contributed by atoms with E-state index in [1.165, 1.54) is 4.31 Å². The molecule has 0 fully saturated rings. The SMILES string of the molecule is CCN(CC)C(=O)C1CN(S(C)(=O)=O)c2cc(C(C)(C)C)ccc2O1. The van der Waals surface area contributed by atoms with Crippen LogP contribution >= 0.6 is 0 Å². The number of likely N-dealkylation sites (N-methyl/N-ethyl adjacent to an activating group) is 1. The van der Waals surface area contributed by atoms with E-state index in [1.807, 2.05) is 26.0 Å². The summed E-state index contributed by atoms with van der Waals surface area (Å²) in [6, 6.07) is 5.52. The van der Waals surface area contributed by atoms with Gasteiger partial charge in [0.1, 0.15) is 5.75 Å². The van der Waals surface area contributed by atoms with Crippen molar-refractivity contribution in [2.45, 2.75) is 46.1 Å². The minimum absolute atomic E-state index is 0.00520. The maximum absolute atomic E-state index is 12.6. The second-order valence-corrected chi connectivity index (χ2v) is 9.25. The fourth-order valence-electron chi connectivity index (χ4n) is 2.90. The van der Waals surface area contributed by atoms with E-state index in [9.17, 15) is 13.2 Å². The molecule has 25 heavy (non-hydrogen) atoms. The fraction of sp³-hybridized carbons (Fsp3) is 0.611. The summed E-state index contributed by atoms with van der Waals surface area (Å²) in [6.07, 6.45) is 0.327. The molecule has 1 amide bonds. The maximum Gasteiger partial charge on any atom is 0.265 e. The lowest BCUT2D eigenvalue weighted by Crippen LogP contribution is -2.51. The molecule has 1 aromatic carbocycles. The number of anilines is 1. The lowest BCUT2D eigenvalue weighted by atomic mass is 9.86. The molecule has 1 aliphatic rings. The van der Waals surface area contributed by atoms with E-state index in [1.54, 1.807) is 11.0 Å². The number of rotatable bonds is 4. The summed E-state index contributed by atoms with van der Waals surface area (Å²) in [5.41, 5.74) is 1.39. The van der Waals surface area contributed by atoms with E-state index in [0.717, 1.165) is 11.8 Å². The molecular formula is C18H28N2O4S. The summed E-state index contributed by atoms with van der Waals surface area (Å²) < 4.78 is 31.8. The van der Waals surface area contributed by atoms with E-state index in [-0.39, 0.29) is 17.9 Å². The molecule has 0 N–H and O–H groups in total. The number of fused-ring (bicyclic) bond motifs is 1. The van der Waals surface area contributed by atoms with Gasteiger partial charge in [-0.2, -0.15) is 0 Å². The number of carbonyl (C=O) groups is 1. The molecule has 6 nitrogen and oxygen atoms in total. The highest BCUT2D eigenvalue weighted by Gasteiger charge is 2.37. The Bertz CT molecular complexity index is 749. The van der Waals surface area contributed by atoms with Gasteiger partial charge in [0.05, 0.1) is 18.5 Å². The highest BCUT2D eigenvalue weighted by atomic mass is 32.2. The van der Waals surface area contributed by atoms with E-state index in [0.29, 0.717) is 24.5 Å². The number of hydrogen-bond donors (Lipinski definition) is 0. The van der Waals surface area contributed by atoms with Crippen molar-refractivity contribution in [2.75, 3.05) is 30.2 Å². The quantitative estimate of drug-likeness (QED) is 0.818.